The van der Waals surface area contributed by atoms with Crippen LogP contribution in [0, 0.1) is 18.8 Å². The Balaban J connectivity index is 2.27. The summed E-state index contributed by atoms with van der Waals surface area (Å²) in [7, 11) is 0. The van der Waals surface area contributed by atoms with Gasteiger partial charge in [-0.1, -0.05) is 43.5 Å². The van der Waals surface area contributed by atoms with Gasteiger partial charge in [0.2, 0.25) is 0 Å². The summed E-state index contributed by atoms with van der Waals surface area (Å²) in [6.45, 7) is 4.02. The molecule has 0 aliphatic heterocycles. The van der Waals surface area contributed by atoms with Crippen molar-refractivity contribution in [3.05, 3.63) is 35.4 Å². The van der Waals surface area contributed by atoms with Gasteiger partial charge in [0.05, 0.1) is 6.61 Å². The lowest BCUT2D eigenvalue weighted by Gasteiger charge is -2.28. The predicted octanol–water partition coefficient (Wildman–Crippen LogP) is 3.94. The van der Waals surface area contributed by atoms with Crippen LogP contribution in [0.2, 0.25) is 0 Å². The number of aryl methyl sites for hydroxylation is 1. The normalized spacial score (nSPS) is 17.2. The summed E-state index contributed by atoms with van der Waals surface area (Å²) < 4.78 is 5.18. The second kappa shape index (κ2) is 7.39. The van der Waals surface area contributed by atoms with E-state index in [1.165, 1.54) is 6.42 Å². The molecule has 114 valence electrons. The van der Waals surface area contributed by atoms with Gasteiger partial charge in [0.25, 0.3) is 0 Å². The van der Waals surface area contributed by atoms with E-state index in [1.807, 2.05) is 31.2 Å². The van der Waals surface area contributed by atoms with Crippen molar-refractivity contribution in [2.24, 2.45) is 11.8 Å². The molecule has 1 aliphatic rings. The second-order valence-corrected chi connectivity index (χ2v) is 5.81. The van der Waals surface area contributed by atoms with Crippen molar-refractivity contribution in [2.45, 2.75) is 46.0 Å². The first-order valence-electron chi connectivity index (χ1n) is 7.91. The molecule has 0 aromatic heterocycles. The van der Waals surface area contributed by atoms with E-state index in [9.17, 15) is 9.59 Å². The third-order valence-electron chi connectivity index (χ3n) is 4.35. The molecule has 1 aromatic carbocycles. The van der Waals surface area contributed by atoms with E-state index in [0.29, 0.717) is 12.2 Å². The van der Waals surface area contributed by atoms with Gasteiger partial charge in [-0.3, -0.25) is 9.59 Å². The second-order valence-electron chi connectivity index (χ2n) is 5.81. The molecule has 0 bridgehead atoms. The molecule has 1 atom stereocenters. The Morgan fingerprint density at radius 3 is 2.48 bits per heavy atom. The van der Waals surface area contributed by atoms with Crippen LogP contribution >= 0.6 is 0 Å². The lowest BCUT2D eigenvalue weighted by atomic mass is 9.76. The van der Waals surface area contributed by atoms with Gasteiger partial charge >= 0.3 is 5.97 Å². The predicted molar refractivity (Wildman–Crippen MR) is 82.2 cm³/mol. The fourth-order valence-corrected chi connectivity index (χ4v) is 3.23. The van der Waals surface area contributed by atoms with Crippen LogP contribution in [0.5, 0.6) is 0 Å². The molecule has 1 unspecified atom stereocenters. The summed E-state index contributed by atoms with van der Waals surface area (Å²) in [6.07, 6.45) is 5.29. The molecular weight excluding hydrogens is 264 g/mol. The molecule has 3 heteroatoms. The molecule has 1 fully saturated rings. The van der Waals surface area contributed by atoms with Crippen LogP contribution in [0.25, 0.3) is 0 Å². The maximum absolute atomic E-state index is 12.9. The monoisotopic (exact) mass is 288 g/mol. The van der Waals surface area contributed by atoms with Crippen LogP contribution in [0.3, 0.4) is 0 Å². The lowest BCUT2D eigenvalue weighted by Crippen LogP contribution is -2.34. The summed E-state index contributed by atoms with van der Waals surface area (Å²) in [5.41, 5.74) is 1.58. The fourth-order valence-electron chi connectivity index (χ4n) is 3.23. The largest absolute Gasteiger partial charge is 0.465 e. The first-order chi connectivity index (χ1) is 10.1. The first kappa shape index (κ1) is 15.7. The molecule has 1 aliphatic carbocycles. The summed E-state index contributed by atoms with van der Waals surface area (Å²) in [6, 6.07) is 7.48. The van der Waals surface area contributed by atoms with Crippen molar-refractivity contribution in [1.29, 1.82) is 0 Å². The molecule has 0 radical (unpaired) electrons. The van der Waals surface area contributed by atoms with E-state index in [4.69, 9.17) is 4.74 Å². The highest BCUT2D eigenvalue weighted by molar-refractivity contribution is 6.09. The van der Waals surface area contributed by atoms with E-state index >= 15 is 0 Å². The first-order valence-corrected chi connectivity index (χ1v) is 7.91. The van der Waals surface area contributed by atoms with Gasteiger partial charge < -0.3 is 4.74 Å². The molecule has 1 aromatic rings. The molecule has 1 saturated carbocycles. The van der Waals surface area contributed by atoms with Gasteiger partial charge in [0.1, 0.15) is 5.92 Å². The van der Waals surface area contributed by atoms with E-state index in [-0.39, 0.29) is 17.7 Å². The minimum atomic E-state index is -0.633. The molecule has 0 spiro atoms. The summed E-state index contributed by atoms with van der Waals surface area (Å²) in [5, 5.41) is 0. The fraction of sp³-hybridized carbons (Fsp3) is 0.556. The van der Waals surface area contributed by atoms with Crippen LogP contribution in [0.4, 0.5) is 0 Å². The highest BCUT2D eigenvalue weighted by Gasteiger charge is 2.37. The van der Waals surface area contributed by atoms with Crippen molar-refractivity contribution in [2.75, 3.05) is 6.61 Å². The van der Waals surface area contributed by atoms with Crippen molar-refractivity contribution in [1.82, 2.24) is 0 Å². The number of hydrogen-bond donors (Lipinski definition) is 0. The van der Waals surface area contributed by atoms with Crippen LogP contribution in [0.1, 0.15) is 54.9 Å². The molecule has 21 heavy (non-hydrogen) atoms. The van der Waals surface area contributed by atoms with Gasteiger partial charge in [-0.2, -0.15) is 0 Å². The van der Waals surface area contributed by atoms with Gasteiger partial charge in [-0.25, -0.2) is 0 Å². The molecule has 0 N–H and O–H groups in total. The SMILES string of the molecule is CCOC(=O)C(C(=O)c1ccccc1C)C1CCCCC1. The zero-order chi connectivity index (χ0) is 15.2. The van der Waals surface area contributed by atoms with Crippen molar-refractivity contribution in [3.63, 3.8) is 0 Å². The van der Waals surface area contributed by atoms with Crippen LogP contribution in [-0.2, 0) is 9.53 Å². The number of carbonyl (C=O) groups is 2. The van der Waals surface area contributed by atoms with Crippen LogP contribution < -0.4 is 0 Å². The van der Waals surface area contributed by atoms with E-state index in [2.05, 4.69) is 0 Å². The van der Waals surface area contributed by atoms with Gasteiger partial charge in [-0.05, 0) is 38.2 Å². The third-order valence-corrected chi connectivity index (χ3v) is 4.35. The zero-order valence-corrected chi connectivity index (χ0v) is 12.9. The molecule has 0 saturated heterocycles. The number of ketones is 1. The van der Waals surface area contributed by atoms with Crippen molar-refractivity contribution in [3.8, 4) is 0 Å². The highest BCUT2D eigenvalue weighted by Crippen LogP contribution is 2.33. The van der Waals surface area contributed by atoms with Crippen LogP contribution in [0.15, 0.2) is 24.3 Å². The minimum absolute atomic E-state index is 0.0709. The Labute approximate surface area is 126 Å². The Hall–Kier alpha value is -1.64. The summed E-state index contributed by atoms with van der Waals surface area (Å²) >= 11 is 0. The van der Waals surface area contributed by atoms with E-state index < -0.39 is 5.92 Å². The molecule has 0 amide bonds. The number of hydrogen-bond acceptors (Lipinski definition) is 3. The Morgan fingerprint density at radius 2 is 1.86 bits per heavy atom. The Morgan fingerprint density at radius 1 is 1.19 bits per heavy atom. The Bertz CT molecular complexity index is 501. The maximum Gasteiger partial charge on any atom is 0.317 e. The number of esters is 1. The summed E-state index contributed by atoms with van der Waals surface area (Å²) in [5.74, 6) is -0.924. The summed E-state index contributed by atoms with van der Waals surface area (Å²) in [4.78, 5) is 25.2. The molecule has 0 heterocycles. The Kier molecular flexibility index (Phi) is 5.54. The van der Waals surface area contributed by atoms with E-state index in [0.717, 1.165) is 31.2 Å². The van der Waals surface area contributed by atoms with Gasteiger partial charge in [-0.15, -0.1) is 0 Å². The zero-order valence-electron chi connectivity index (χ0n) is 12.9. The molecule has 3 nitrogen and oxygen atoms in total. The van der Waals surface area contributed by atoms with Crippen LogP contribution in [-0.4, -0.2) is 18.4 Å². The lowest BCUT2D eigenvalue weighted by molar-refractivity contribution is -0.148. The number of benzene rings is 1. The standard InChI is InChI=1S/C18H24O3/c1-3-21-18(20)16(14-10-5-4-6-11-14)17(19)15-12-8-7-9-13(15)2/h7-9,12,14,16H,3-6,10-11H2,1-2H3. The average Bonchev–Trinajstić information content (AvgIpc) is 2.49. The topological polar surface area (TPSA) is 43.4 Å². The van der Waals surface area contributed by atoms with Gasteiger partial charge in [0.15, 0.2) is 5.78 Å². The van der Waals surface area contributed by atoms with Gasteiger partial charge in [0, 0.05) is 5.56 Å². The van der Waals surface area contributed by atoms with Crippen molar-refractivity contribution < 1.29 is 14.3 Å². The quantitative estimate of drug-likeness (QED) is 0.468. The smallest absolute Gasteiger partial charge is 0.317 e. The maximum atomic E-state index is 12.9. The minimum Gasteiger partial charge on any atom is -0.465 e. The molecular formula is C18H24O3. The highest BCUT2D eigenvalue weighted by atomic mass is 16.5. The number of ether oxygens (including phenoxy) is 1. The number of rotatable bonds is 5. The van der Waals surface area contributed by atoms with Crippen molar-refractivity contribution >= 4 is 11.8 Å². The average molecular weight is 288 g/mol. The van der Waals surface area contributed by atoms with E-state index in [1.54, 1.807) is 6.92 Å². The number of carbonyl (C=O) groups excluding carboxylic acids is 2. The third kappa shape index (κ3) is 3.72. The molecule has 2 rings (SSSR count). The number of Topliss-reactive ketones (excluding diaryl/α,β-unsaturated/α-hetero) is 1.